The van der Waals surface area contributed by atoms with E-state index in [-0.39, 0.29) is 33.9 Å². The monoisotopic (exact) mass is 468 g/mol. The highest BCUT2D eigenvalue weighted by Crippen LogP contribution is 2.25. The van der Waals surface area contributed by atoms with Crippen molar-refractivity contribution in [3.8, 4) is 5.75 Å². The Balaban J connectivity index is 0.000000380. The standard InChI is InChI=1S/C16H15F2N3O3.C5H11NOS/c1-9(23)14(19)13-5-10(8-22)7-20-15(13)21-11-3-2-4-12(6-11)24-16(17)18;1-5(6-2)3-8(7)4-5/h2-9,16,19,23H,1H3,(H,20,21);6H,3-4H2,1-2H3/t9-;/m0./s1. The Morgan fingerprint density at radius 2 is 2.06 bits per heavy atom. The number of nitrogens with one attached hydrogen (secondary N) is 3. The Hall–Kier alpha value is -2.76. The molecule has 2 aromatic rings. The van der Waals surface area contributed by atoms with E-state index in [1.165, 1.54) is 37.4 Å². The molecule has 3 rings (SSSR count). The summed E-state index contributed by atoms with van der Waals surface area (Å²) in [5.41, 5.74) is 0.934. The van der Waals surface area contributed by atoms with Crippen LogP contribution >= 0.6 is 0 Å². The second-order valence-electron chi connectivity index (χ2n) is 7.44. The zero-order valence-corrected chi connectivity index (χ0v) is 18.7. The van der Waals surface area contributed by atoms with Gasteiger partial charge in [-0.05, 0) is 39.1 Å². The molecule has 1 fully saturated rings. The molecule has 8 nitrogen and oxygen atoms in total. The van der Waals surface area contributed by atoms with Gasteiger partial charge in [-0.15, -0.1) is 0 Å². The van der Waals surface area contributed by atoms with Crippen LogP contribution in [0.4, 0.5) is 20.3 Å². The van der Waals surface area contributed by atoms with E-state index in [1.807, 2.05) is 7.05 Å². The van der Waals surface area contributed by atoms with Gasteiger partial charge in [0.1, 0.15) is 11.6 Å². The molecule has 1 aliphatic rings. The first-order valence-electron chi connectivity index (χ1n) is 9.65. The predicted molar refractivity (Wildman–Crippen MR) is 120 cm³/mol. The largest absolute Gasteiger partial charge is 0.435 e. The quantitative estimate of drug-likeness (QED) is 0.347. The third-order valence-electron chi connectivity index (χ3n) is 4.64. The number of aromatic nitrogens is 1. The summed E-state index contributed by atoms with van der Waals surface area (Å²) in [5.74, 6) is 1.82. The molecule has 1 aliphatic heterocycles. The van der Waals surface area contributed by atoms with Gasteiger partial charge in [-0.2, -0.15) is 8.78 Å². The molecular weight excluding hydrogens is 442 g/mol. The van der Waals surface area contributed by atoms with E-state index in [9.17, 15) is 22.9 Å². The lowest BCUT2D eigenvalue weighted by Gasteiger charge is -2.36. The molecule has 0 amide bonds. The van der Waals surface area contributed by atoms with Crippen LogP contribution in [0.15, 0.2) is 36.5 Å². The van der Waals surface area contributed by atoms with E-state index < -0.39 is 23.5 Å². The van der Waals surface area contributed by atoms with Crippen molar-refractivity contribution in [3.05, 3.63) is 47.7 Å². The fraction of sp³-hybridized carbons (Fsp3) is 0.381. The number of aliphatic hydroxyl groups is 1. The smallest absolute Gasteiger partial charge is 0.387 e. The Morgan fingerprint density at radius 1 is 1.38 bits per heavy atom. The van der Waals surface area contributed by atoms with E-state index in [0.29, 0.717) is 12.0 Å². The van der Waals surface area contributed by atoms with Gasteiger partial charge < -0.3 is 25.9 Å². The molecule has 0 bridgehead atoms. The predicted octanol–water partition coefficient (Wildman–Crippen LogP) is 2.71. The molecule has 174 valence electrons. The van der Waals surface area contributed by atoms with Crippen LogP contribution in [-0.4, -0.2) is 63.1 Å². The van der Waals surface area contributed by atoms with Crippen molar-refractivity contribution in [2.75, 3.05) is 23.9 Å². The Bertz CT molecular complexity index is 980. The fourth-order valence-electron chi connectivity index (χ4n) is 2.77. The highest BCUT2D eigenvalue weighted by atomic mass is 32.2. The average Bonchev–Trinajstić information content (AvgIpc) is 2.72. The minimum Gasteiger partial charge on any atom is -0.435 e. The van der Waals surface area contributed by atoms with Gasteiger partial charge in [0.2, 0.25) is 0 Å². The first kappa shape index (κ1) is 25.5. The van der Waals surface area contributed by atoms with Crippen LogP contribution in [0.1, 0.15) is 29.8 Å². The van der Waals surface area contributed by atoms with Gasteiger partial charge in [-0.3, -0.25) is 9.00 Å². The van der Waals surface area contributed by atoms with Crippen LogP contribution in [0.3, 0.4) is 0 Å². The maximum Gasteiger partial charge on any atom is 0.387 e. The van der Waals surface area contributed by atoms with E-state index in [1.54, 1.807) is 6.07 Å². The lowest BCUT2D eigenvalue weighted by molar-refractivity contribution is -0.0498. The summed E-state index contributed by atoms with van der Waals surface area (Å²) in [4.78, 5) is 14.9. The van der Waals surface area contributed by atoms with Crippen molar-refractivity contribution in [1.82, 2.24) is 10.3 Å². The lowest BCUT2D eigenvalue weighted by Crippen LogP contribution is -2.58. The van der Waals surface area contributed by atoms with Crippen molar-refractivity contribution in [2.24, 2.45) is 0 Å². The molecule has 1 saturated heterocycles. The lowest BCUT2D eigenvalue weighted by atomic mass is 10.1. The SMILES string of the molecule is CNC1(C)CS(=O)C1.C[C@H](O)C(=N)c1cc(C=O)cnc1Nc1cccc(OC(F)F)c1. The third kappa shape index (κ3) is 7.14. The molecule has 1 aromatic carbocycles. The summed E-state index contributed by atoms with van der Waals surface area (Å²) in [5, 5.41) is 23.5. The number of hydrogen-bond acceptors (Lipinski definition) is 8. The molecule has 0 saturated carbocycles. The zero-order valence-electron chi connectivity index (χ0n) is 17.9. The highest BCUT2D eigenvalue weighted by Gasteiger charge is 2.36. The molecule has 11 heteroatoms. The van der Waals surface area contributed by atoms with Crippen molar-refractivity contribution < 1.29 is 27.6 Å². The van der Waals surface area contributed by atoms with E-state index in [0.717, 1.165) is 11.5 Å². The third-order valence-corrected chi connectivity index (χ3v) is 6.56. The minimum absolute atomic E-state index is 0.0355. The number of rotatable bonds is 8. The van der Waals surface area contributed by atoms with Gasteiger partial charge in [0.25, 0.3) is 0 Å². The summed E-state index contributed by atoms with van der Waals surface area (Å²) in [6.45, 7) is 0.565. The van der Waals surface area contributed by atoms with Crippen LogP contribution < -0.4 is 15.4 Å². The van der Waals surface area contributed by atoms with Crippen molar-refractivity contribution >= 4 is 34.3 Å². The summed E-state index contributed by atoms with van der Waals surface area (Å²) in [7, 11) is 1.39. The molecule has 4 N–H and O–H groups in total. The maximum atomic E-state index is 12.3. The van der Waals surface area contributed by atoms with Crippen LogP contribution in [-0.2, 0) is 10.8 Å². The second-order valence-corrected chi connectivity index (χ2v) is 8.90. The first-order valence-corrected chi connectivity index (χ1v) is 11.1. The number of hydrogen-bond donors (Lipinski definition) is 4. The number of nitrogens with zero attached hydrogens (tertiary/aromatic N) is 1. The minimum atomic E-state index is -2.94. The topological polar surface area (TPSA) is 124 Å². The fourth-order valence-corrected chi connectivity index (χ4v) is 4.40. The van der Waals surface area contributed by atoms with Gasteiger partial charge >= 0.3 is 6.61 Å². The number of carbonyl (C=O) groups excluding carboxylic acids is 1. The van der Waals surface area contributed by atoms with E-state index in [4.69, 9.17) is 5.41 Å². The number of anilines is 2. The number of alkyl halides is 2. The van der Waals surface area contributed by atoms with Gasteiger partial charge in [-0.25, -0.2) is 4.98 Å². The summed E-state index contributed by atoms with van der Waals surface area (Å²) in [6, 6.07) is 7.25. The molecule has 1 atom stereocenters. The van der Waals surface area contributed by atoms with Crippen LogP contribution in [0.25, 0.3) is 0 Å². The Morgan fingerprint density at radius 3 is 2.56 bits per heavy atom. The number of aliphatic hydroxyl groups excluding tert-OH is 1. The molecule has 0 unspecified atom stereocenters. The number of carbonyl (C=O) groups is 1. The Labute approximate surface area is 187 Å². The van der Waals surface area contributed by atoms with E-state index in [2.05, 4.69) is 27.3 Å². The van der Waals surface area contributed by atoms with Crippen molar-refractivity contribution in [1.29, 1.82) is 5.41 Å². The summed E-state index contributed by atoms with van der Waals surface area (Å²) < 4.78 is 39.4. The number of benzene rings is 1. The first-order chi connectivity index (χ1) is 15.1. The summed E-state index contributed by atoms with van der Waals surface area (Å²) >= 11 is 0. The van der Waals surface area contributed by atoms with Crippen molar-refractivity contribution in [2.45, 2.75) is 32.1 Å². The van der Waals surface area contributed by atoms with Crippen LogP contribution in [0.2, 0.25) is 0 Å². The van der Waals surface area contributed by atoms with Crippen LogP contribution in [0, 0.1) is 5.41 Å². The van der Waals surface area contributed by atoms with Crippen LogP contribution in [0.5, 0.6) is 5.75 Å². The second kappa shape index (κ2) is 11.2. The number of aldehydes is 1. The van der Waals surface area contributed by atoms with Gasteiger partial charge in [0.15, 0.2) is 6.29 Å². The number of halogens is 2. The van der Waals surface area contributed by atoms with Gasteiger partial charge in [-0.1, -0.05) is 6.07 Å². The highest BCUT2D eigenvalue weighted by molar-refractivity contribution is 7.86. The molecule has 0 aliphatic carbocycles. The average molecular weight is 469 g/mol. The van der Waals surface area contributed by atoms with E-state index >= 15 is 0 Å². The molecule has 1 aromatic heterocycles. The molecular formula is C21H26F2N4O4S. The molecule has 0 spiro atoms. The number of ether oxygens (including phenoxy) is 1. The normalized spacial score (nSPS) is 20.4. The zero-order chi connectivity index (χ0) is 23.9. The van der Waals surface area contributed by atoms with Crippen molar-refractivity contribution in [3.63, 3.8) is 0 Å². The molecule has 2 heterocycles. The maximum absolute atomic E-state index is 12.3. The number of pyridine rings is 1. The molecule has 0 radical (unpaired) electrons. The van der Waals surface area contributed by atoms with Gasteiger partial charge in [0, 0.05) is 56.9 Å². The molecule has 32 heavy (non-hydrogen) atoms. The summed E-state index contributed by atoms with van der Waals surface area (Å²) in [6.07, 6.45) is 0.808. The van der Waals surface area contributed by atoms with Gasteiger partial charge in [0.05, 0.1) is 11.8 Å². The Kier molecular flexibility index (Phi) is 8.93.